The summed E-state index contributed by atoms with van der Waals surface area (Å²) in [6, 6.07) is 7.04. The van der Waals surface area contributed by atoms with E-state index in [1.807, 2.05) is 11.9 Å². The van der Waals surface area contributed by atoms with Crippen LogP contribution >= 0.6 is 0 Å². The van der Waals surface area contributed by atoms with Crippen molar-refractivity contribution in [1.29, 1.82) is 0 Å². The van der Waals surface area contributed by atoms with Gasteiger partial charge in [-0.25, -0.2) is 0 Å². The molecular weight excluding hydrogens is 260 g/mol. The van der Waals surface area contributed by atoms with Crippen molar-refractivity contribution < 1.29 is 9.90 Å². The van der Waals surface area contributed by atoms with E-state index >= 15 is 0 Å². The standard InChI is InChI=1S/C13H16N4O3/c1-16(8-4-7-12(18)19)9-17-13(20)10-5-2-3-6-11(10)14-15-17/h2-3,5-6H,4,7-9H2,1H3,(H,18,19). The third kappa shape index (κ3) is 3.39. The molecule has 1 heterocycles. The Morgan fingerprint density at radius 3 is 2.90 bits per heavy atom. The highest BCUT2D eigenvalue weighted by Crippen LogP contribution is 2.03. The molecule has 0 amide bonds. The summed E-state index contributed by atoms with van der Waals surface area (Å²) in [7, 11) is 1.81. The van der Waals surface area contributed by atoms with Gasteiger partial charge < -0.3 is 5.11 Å². The number of benzene rings is 1. The summed E-state index contributed by atoms with van der Waals surface area (Å²) in [5, 5.41) is 17.0. The number of carboxylic acids is 1. The number of rotatable bonds is 6. The predicted molar refractivity (Wildman–Crippen MR) is 73.3 cm³/mol. The van der Waals surface area contributed by atoms with Gasteiger partial charge in [0.25, 0.3) is 5.56 Å². The molecule has 1 aromatic heterocycles. The maximum Gasteiger partial charge on any atom is 0.303 e. The summed E-state index contributed by atoms with van der Waals surface area (Å²) < 4.78 is 1.28. The van der Waals surface area contributed by atoms with E-state index in [1.165, 1.54) is 4.68 Å². The van der Waals surface area contributed by atoms with Gasteiger partial charge in [-0.2, -0.15) is 4.68 Å². The van der Waals surface area contributed by atoms with Gasteiger partial charge in [0.2, 0.25) is 0 Å². The third-order valence-corrected chi connectivity index (χ3v) is 2.94. The van der Waals surface area contributed by atoms with Crippen LogP contribution in [0.25, 0.3) is 10.9 Å². The Labute approximate surface area is 115 Å². The number of hydrogen-bond acceptors (Lipinski definition) is 5. The molecule has 20 heavy (non-hydrogen) atoms. The Bertz CT molecular complexity index is 668. The van der Waals surface area contributed by atoms with Crippen LogP contribution in [0.1, 0.15) is 12.8 Å². The molecule has 0 unspecified atom stereocenters. The highest BCUT2D eigenvalue weighted by atomic mass is 16.4. The molecular formula is C13H16N4O3. The quantitative estimate of drug-likeness (QED) is 0.828. The maximum atomic E-state index is 12.2. The summed E-state index contributed by atoms with van der Waals surface area (Å²) in [6.07, 6.45) is 0.643. The molecule has 0 radical (unpaired) electrons. The first kappa shape index (κ1) is 14.1. The lowest BCUT2D eigenvalue weighted by atomic mass is 10.2. The molecule has 0 bridgehead atoms. The number of aliphatic carboxylic acids is 1. The number of carboxylic acid groups (broad SMARTS) is 1. The van der Waals surface area contributed by atoms with E-state index < -0.39 is 5.97 Å². The van der Waals surface area contributed by atoms with Gasteiger partial charge in [0, 0.05) is 13.0 Å². The summed E-state index contributed by atoms with van der Waals surface area (Å²) in [5.74, 6) is -0.818. The first-order chi connectivity index (χ1) is 9.58. The van der Waals surface area contributed by atoms with Gasteiger partial charge in [-0.05, 0) is 25.6 Å². The Balaban J connectivity index is 2.08. The first-order valence-corrected chi connectivity index (χ1v) is 6.31. The minimum atomic E-state index is -0.818. The van der Waals surface area contributed by atoms with Crippen molar-refractivity contribution in [2.75, 3.05) is 13.6 Å². The van der Waals surface area contributed by atoms with Crippen LogP contribution in [-0.4, -0.2) is 44.6 Å². The van der Waals surface area contributed by atoms with E-state index in [0.717, 1.165) is 0 Å². The summed E-state index contributed by atoms with van der Waals surface area (Å²) >= 11 is 0. The summed E-state index contributed by atoms with van der Waals surface area (Å²) in [4.78, 5) is 24.5. The zero-order valence-electron chi connectivity index (χ0n) is 11.2. The molecule has 0 atom stereocenters. The van der Waals surface area contributed by atoms with Crippen molar-refractivity contribution in [3.63, 3.8) is 0 Å². The zero-order chi connectivity index (χ0) is 14.5. The molecule has 1 aromatic carbocycles. The summed E-state index contributed by atoms with van der Waals surface area (Å²) in [5.41, 5.74) is 0.378. The van der Waals surface area contributed by atoms with Crippen LogP contribution in [0.2, 0.25) is 0 Å². The van der Waals surface area contributed by atoms with Crippen LogP contribution in [0, 0.1) is 0 Å². The lowest BCUT2D eigenvalue weighted by Crippen LogP contribution is -2.33. The normalized spacial score (nSPS) is 11.1. The molecule has 0 aliphatic rings. The zero-order valence-corrected chi connectivity index (χ0v) is 11.2. The van der Waals surface area contributed by atoms with E-state index in [-0.39, 0.29) is 18.6 Å². The average molecular weight is 276 g/mol. The Hall–Kier alpha value is -2.28. The van der Waals surface area contributed by atoms with Crippen LogP contribution in [0.4, 0.5) is 0 Å². The molecule has 2 aromatic rings. The number of carbonyl (C=O) groups is 1. The Morgan fingerprint density at radius 2 is 2.15 bits per heavy atom. The Kier molecular flexibility index (Phi) is 4.41. The fourth-order valence-corrected chi connectivity index (χ4v) is 1.92. The third-order valence-electron chi connectivity index (χ3n) is 2.94. The van der Waals surface area contributed by atoms with Crippen molar-refractivity contribution in [1.82, 2.24) is 19.9 Å². The Morgan fingerprint density at radius 1 is 1.40 bits per heavy atom. The van der Waals surface area contributed by atoms with Gasteiger partial charge in [0.1, 0.15) is 5.52 Å². The highest BCUT2D eigenvalue weighted by molar-refractivity contribution is 5.76. The van der Waals surface area contributed by atoms with Crippen LogP contribution in [0.15, 0.2) is 29.1 Å². The fourth-order valence-electron chi connectivity index (χ4n) is 1.92. The number of hydrogen-bond donors (Lipinski definition) is 1. The molecule has 7 heteroatoms. The molecule has 0 aliphatic heterocycles. The average Bonchev–Trinajstić information content (AvgIpc) is 2.42. The van der Waals surface area contributed by atoms with Crippen LogP contribution in [0.3, 0.4) is 0 Å². The van der Waals surface area contributed by atoms with Crippen molar-refractivity contribution in [3.8, 4) is 0 Å². The molecule has 0 fully saturated rings. The van der Waals surface area contributed by atoms with E-state index in [1.54, 1.807) is 24.3 Å². The van der Waals surface area contributed by atoms with Crippen molar-refractivity contribution >= 4 is 16.9 Å². The molecule has 1 N–H and O–H groups in total. The highest BCUT2D eigenvalue weighted by Gasteiger charge is 2.07. The largest absolute Gasteiger partial charge is 0.481 e. The van der Waals surface area contributed by atoms with Crippen molar-refractivity contribution in [3.05, 3.63) is 34.6 Å². The minimum Gasteiger partial charge on any atom is -0.481 e. The van der Waals surface area contributed by atoms with Gasteiger partial charge in [-0.3, -0.25) is 14.5 Å². The van der Waals surface area contributed by atoms with Gasteiger partial charge in [0.05, 0.1) is 12.1 Å². The molecule has 106 valence electrons. The van der Waals surface area contributed by atoms with Crippen LogP contribution in [0.5, 0.6) is 0 Å². The number of aromatic nitrogens is 3. The molecule has 0 saturated heterocycles. The maximum absolute atomic E-state index is 12.2. The van der Waals surface area contributed by atoms with Crippen molar-refractivity contribution in [2.45, 2.75) is 19.5 Å². The number of fused-ring (bicyclic) bond motifs is 1. The smallest absolute Gasteiger partial charge is 0.303 e. The van der Waals surface area contributed by atoms with Crippen molar-refractivity contribution in [2.24, 2.45) is 0 Å². The second kappa shape index (κ2) is 6.25. The lowest BCUT2D eigenvalue weighted by molar-refractivity contribution is -0.137. The lowest BCUT2D eigenvalue weighted by Gasteiger charge is -2.16. The minimum absolute atomic E-state index is 0.114. The van der Waals surface area contributed by atoms with Gasteiger partial charge in [-0.15, -0.1) is 5.10 Å². The molecule has 0 saturated carbocycles. The van der Waals surface area contributed by atoms with E-state index in [4.69, 9.17) is 5.11 Å². The molecule has 7 nitrogen and oxygen atoms in total. The number of nitrogens with zero attached hydrogens (tertiary/aromatic N) is 4. The van der Waals surface area contributed by atoms with Gasteiger partial charge >= 0.3 is 5.97 Å². The molecule has 0 spiro atoms. The topological polar surface area (TPSA) is 88.3 Å². The van der Waals surface area contributed by atoms with Gasteiger partial charge in [-0.1, -0.05) is 17.3 Å². The predicted octanol–water partition coefficient (Wildman–Crippen LogP) is 0.546. The SMILES string of the molecule is CN(CCCC(=O)O)Cn1nnc2ccccc2c1=O. The van der Waals surface area contributed by atoms with Gasteiger partial charge in [0.15, 0.2) is 0 Å². The second-order valence-corrected chi connectivity index (χ2v) is 4.63. The van der Waals surface area contributed by atoms with Crippen LogP contribution in [-0.2, 0) is 11.5 Å². The van der Waals surface area contributed by atoms with Crippen LogP contribution < -0.4 is 5.56 Å². The fraction of sp³-hybridized carbons (Fsp3) is 0.385. The van der Waals surface area contributed by atoms with E-state index in [9.17, 15) is 9.59 Å². The second-order valence-electron chi connectivity index (χ2n) is 4.63. The monoisotopic (exact) mass is 276 g/mol. The summed E-state index contributed by atoms with van der Waals surface area (Å²) in [6.45, 7) is 0.865. The van der Waals surface area contributed by atoms with E-state index in [0.29, 0.717) is 23.9 Å². The first-order valence-electron chi connectivity index (χ1n) is 6.31. The molecule has 2 rings (SSSR count). The molecule has 0 aliphatic carbocycles. The van der Waals surface area contributed by atoms with E-state index in [2.05, 4.69) is 10.3 Å².